The van der Waals surface area contributed by atoms with E-state index in [9.17, 15) is 0 Å². The van der Waals surface area contributed by atoms with Crippen molar-refractivity contribution < 1.29 is 14.2 Å². The lowest BCUT2D eigenvalue weighted by Gasteiger charge is -2.27. The van der Waals surface area contributed by atoms with Crippen molar-refractivity contribution in [2.75, 3.05) is 32.4 Å². The van der Waals surface area contributed by atoms with Crippen molar-refractivity contribution in [3.8, 4) is 0 Å². The van der Waals surface area contributed by atoms with Crippen LogP contribution < -0.4 is 11.5 Å². The van der Waals surface area contributed by atoms with Crippen LogP contribution in [-0.4, -0.2) is 75.2 Å². The minimum atomic E-state index is -0.669. The van der Waals surface area contributed by atoms with Crippen LogP contribution in [0.1, 0.15) is 32.9 Å². The van der Waals surface area contributed by atoms with Crippen LogP contribution in [0.3, 0.4) is 0 Å². The molecule has 2 aliphatic rings. The van der Waals surface area contributed by atoms with Gasteiger partial charge in [-0.1, -0.05) is 0 Å². The fourth-order valence-electron chi connectivity index (χ4n) is 4.01. The second-order valence-corrected chi connectivity index (χ2v) is 7.97. The second kappa shape index (κ2) is 7.53. The molecule has 2 aliphatic heterocycles. The predicted octanol–water partition coefficient (Wildman–Crippen LogP) is 0.497. The van der Waals surface area contributed by atoms with Gasteiger partial charge in [0.05, 0.1) is 6.33 Å². The van der Waals surface area contributed by atoms with Gasteiger partial charge in [-0.3, -0.25) is 4.57 Å². The molecule has 28 heavy (non-hydrogen) atoms. The van der Waals surface area contributed by atoms with E-state index in [-0.39, 0.29) is 18.3 Å². The Hall–Kier alpha value is -1.85. The van der Waals surface area contributed by atoms with Crippen molar-refractivity contribution in [3.05, 3.63) is 12.7 Å². The number of nitrogen functional groups attached to an aromatic ring is 1. The number of hydrogen-bond acceptors (Lipinski definition) is 9. The van der Waals surface area contributed by atoms with Crippen LogP contribution in [0.4, 0.5) is 5.82 Å². The number of likely N-dealkylation sites (N-methyl/N-ethyl adjacent to an activating group) is 1. The average Bonchev–Trinajstić information content (AvgIpc) is 3.28. The first-order valence-electron chi connectivity index (χ1n) is 9.72. The smallest absolute Gasteiger partial charge is 0.167 e. The number of ether oxygens (including phenoxy) is 3. The van der Waals surface area contributed by atoms with Gasteiger partial charge in [0.2, 0.25) is 0 Å². The third-order valence-electron chi connectivity index (χ3n) is 5.27. The Bertz CT molecular complexity index is 827. The number of hydrogen-bond donors (Lipinski definition) is 2. The first-order valence-corrected chi connectivity index (χ1v) is 9.72. The number of rotatable bonds is 7. The third kappa shape index (κ3) is 3.58. The van der Waals surface area contributed by atoms with Gasteiger partial charge in [-0.05, 0) is 46.8 Å². The van der Waals surface area contributed by atoms with Crippen molar-refractivity contribution in [2.45, 2.75) is 57.0 Å². The predicted molar refractivity (Wildman–Crippen MR) is 103 cm³/mol. The van der Waals surface area contributed by atoms with E-state index in [1.807, 2.05) is 18.4 Å². The number of unbranched alkanes of at least 4 members (excludes halogenated alkanes) is 1. The third-order valence-corrected chi connectivity index (χ3v) is 5.27. The van der Waals surface area contributed by atoms with E-state index >= 15 is 0 Å². The quantitative estimate of drug-likeness (QED) is 0.649. The minimum Gasteiger partial charge on any atom is -0.382 e. The van der Waals surface area contributed by atoms with Gasteiger partial charge in [0.1, 0.15) is 30.2 Å². The molecular weight excluding hydrogens is 362 g/mol. The molecule has 4 heterocycles. The molecule has 10 nitrogen and oxygen atoms in total. The van der Waals surface area contributed by atoms with Crippen molar-refractivity contribution in [2.24, 2.45) is 5.73 Å². The highest BCUT2D eigenvalue weighted by Crippen LogP contribution is 2.43. The number of anilines is 1. The molecule has 0 radical (unpaired) electrons. The van der Waals surface area contributed by atoms with Gasteiger partial charge in [0, 0.05) is 6.54 Å². The molecule has 0 aromatic carbocycles. The average molecular weight is 391 g/mol. The Morgan fingerprint density at radius 3 is 2.75 bits per heavy atom. The molecule has 2 aromatic rings. The molecule has 4 atom stereocenters. The van der Waals surface area contributed by atoms with Crippen molar-refractivity contribution in [1.29, 1.82) is 0 Å². The molecular formula is C18H29N7O3. The van der Waals surface area contributed by atoms with Gasteiger partial charge < -0.3 is 30.6 Å². The summed E-state index contributed by atoms with van der Waals surface area (Å²) in [6, 6.07) is 0. The van der Waals surface area contributed by atoms with E-state index < -0.39 is 12.0 Å². The molecule has 4 rings (SSSR count). The molecule has 0 bridgehead atoms. The lowest BCUT2D eigenvalue weighted by atomic mass is 10.1. The number of nitrogens with two attached hydrogens (primary N) is 2. The van der Waals surface area contributed by atoms with E-state index in [1.54, 1.807) is 6.33 Å². The summed E-state index contributed by atoms with van der Waals surface area (Å²) in [4.78, 5) is 15.0. The van der Waals surface area contributed by atoms with Crippen molar-refractivity contribution in [1.82, 2.24) is 24.4 Å². The monoisotopic (exact) mass is 391 g/mol. The van der Waals surface area contributed by atoms with Gasteiger partial charge in [-0.15, -0.1) is 0 Å². The highest BCUT2D eigenvalue weighted by molar-refractivity contribution is 5.81. The van der Waals surface area contributed by atoms with Crippen LogP contribution in [0, 0.1) is 0 Å². The Kier molecular flexibility index (Phi) is 5.23. The summed E-state index contributed by atoms with van der Waals surface area (Å²) in [7, 11) is 2.09. The first kappa shape index (κ1) is 19.5. The zero-order valence-corrected chi connectivity index (χ0v) is 16.6. The van der Waals surface area contributed by atoms with Crippen LogP contribution in [0.25, 0.3) is 11.2 Å². The topological polar surface area (TPSA) is 127 Å². The molecule has 154 valence electrons. The molecule has 2 saturated heterocycles. The maximum Gasteiger partial charge on any atom is 0.167 e. The second-order valence-electron chi connectivity index (χ2n) is 7.97. The lowest BCUT2D eigenvalue weighted by molar-refractivity contribution is -0.197. The molecule has 10 heteroatoms. The first-order chi connectivity index (χ1) is 13.4. The molecule has 1 unspecified atom stereocenters. The maximum atomic E-state index is 6.40. The molecule has 2 aromatic heterocycles. The van der Waals surface area contributed by atoms with Crippen LogP contribution in [0.5, 0.6) is 0 Å². The van der Waals surface area contributed by atoms with Gasteiger partial charge in [0.15, 0.2) is 23.5 Å². The minimum absolute atomic E-state index is 0.128. The SMILES string of the molecule is CN(CCCCN)C[C@H]1OC(n2cnc3c(N)ncnc32)[C@@H]2OC(C)(C)O[C@H]12. The number of aromatic nitrogens is 4. The van der Waals surface area contributed by atoms with Gasteiger partial charge >= 0.3 is 0 Å². The standard InChI is InChI=1S/C18H29N7O3/c1-18(2)27-13-11(8-24(3)7-5-4-6-19)26-17(14(13)28-18)25-10-23-12-15(20)21-9-22-16(12)25/h9-11,13-14,17H,4-8,19H2,1-3H3,(H2,20,21,22)/t11-,13-,14-,17?/m1/s1. The molecule has 0 saturated carbocycles. The van der Waals surface area contributed by atoms with Crippen molar-refractivity contribution >= 4 is 17.0 Å². The Morgan fingerprint density at radius 1 is 1.18 bits per heavy atom. The highest BCUT2D eigenvalue weighted by Gasteiger charge is 2.56. The lowest BCUT2D eigenvalue weighted by Crippen LogP contribution is -2.38. The van der Waals surface area contributed by atoms with E-state index in [0.29, 0.717) is 23.5 Å². The Balaban J connectivity index is 1.57. The summed E-state index contributed by atoms with van der Waals surface area (Å²) in [5.41, 5.74) is 12.7. The maximum absolute atomic E-state index is 6.40. The molecule has 0 amide bonds. The normalized spacial score (nSPS) is 29.0. The van der Waals surface area contributed by atoms with E-state index in [4.69, 9.17) is 25.7 Å². The summed E-state index contributed by atoms with van der Waals surface area (Å²) in [5, 5.41) is 0. The number of imidazole rings is 1. The zero-order chi connectivity index (χ0) is 19.9. The summed E-state index contributed by atoms with van der Waals surface area (Å²) < 4.78 is 20.6. The summed E-state index contributed by atoms with van der Waals surface area (Å²) in [6.45, 7) is 6.27. The van der Waals surface area contributed by atoms with Gasteiger partial charge in [-0.2, -0.15) is 0 Å². The summed E-state index contributed by atoms with van der Waals surface area (Å²) >= 11 is 0. The highest BCUT2D eigenvalue weighted by atomic mass is 16.8. The van der Waals surface area contributed by atoms with Crippen LogP contribution in [0.15, 0.2) is 12.7 Å². The van der Waals surface area contributed by atoms with E-state index in [1.165, 1.54) is 6.33 Å². The van der Waals surface area contributed by atoms with Crippen LogP contribution >= 0.6 is 0 Å². The summed E-state index contributed by atoms with van der Waals surface area (Å²) in [5.74, 6) is -0.323. The zero-order valence-electron chi connectivity index (χ0n) is 16.6. The van der Waals surface area contributed by atoms with Crippen molar-refractivity contribution in [3.63, 3.8) is 0 Å². The largest absolute Gasteiger partial charge is 0.382 e. The van der Waals surface area contributed by atoms with Crippen LogP contribution in [0.2, 0.25) is 0 Å². The molecule has 0 spiro atoms. The number of nitrogens with zero attached hydrogens (tertiary/aromatic N) is 5. The number of fused-ring (bicyclic) bond motifs is 2. The van der Waals surface area contributed by atoms with Crippen LogP contribution in [-0.2, 0) is 14.2 Å². The van der Waals surface area contributed by atoms with E-state index in [0.717, 1.165) is 25.9 Å². The fourth-order valence-corrected chi connectivity index (χ4v) is 4.01. The molecule has 4 N–H and O–H groups in total. The van der Waals surface area contributed by atoms with Gasteiger partial charge in [0.25, 0.3) is 0 Å². The van der Waals surface area contributed by atoms with Gasteiger partial charge in [-0.25, -0.2) is 15.0 Å². The molecule has 2 fully saturated rings. The van der Waals surface area contributed by atoms with E-state index in [2.05, 4.69) is 26.9 Å². The molecule has 0 aliphatic carbocycles. The summed E-state index contributed by atoms with van der Waals surface area (Å²) in [6.07, 6.45) is 4.23. The fraction of sp³-hybridized carbons (Fsp3) is 0.722. The Labute approximate surface area is 164 Å². The Morgan fingerprint density at radius 2 is 1.96 bits per heavy atom.